The van der Waals surface area contributed by atoms with Gasteiger partial charge in [-0.25, -0.2) is 4.98 Å². The fourth-order valence-corrected chi connectivity index (χ4v) is 3.51. The second-order valence-electron chi connectivity index (χ2n) is 7.28. The average Bonchev–Trinajstić information content (AvgIpc) is 2.86. The predicted molar refractivity (Wildman–Crippen MR) is 92.2 cm³/mol. The number of hydrogen-bond acceptors (Lipinski definition) is 5. The molecule has 0 spiro atoms. The molecule has 1 aliphatic heterocycles. The Labute approximate surface area is 133 Å². The lowest BCUT2D eigenvalue weighted by molar-refractivity contribution is 0.128. The van der Waals surface area contributed by atoms with Crippen LogP contribution in [-0.2, 0) is 6.54 Å². The Hall–Kier alpha value is -0.650. The molecule has 1 aromatic rings. The topological polar surface area (TPSA) is 31.4 Å². The Balaban J connectivity index is 1.83. The minimum absolute atomic E-state index is 0.279. The summed E-state index contributed by atoms with van der Waals surface area (Å²) in [4.78, 5) is 10.9. The van der Waals surface area contributed by atoms with Gasteiger partial charge in [-0.3, -0.25) is 4.90 Å². The van der Waals surface area contributed by atoms with Crippen LogP contribution < -0.4 is 10.2 Å². The first kappa shape index (κ1) is 16.7. The summed E-state index contributed by atoms with van der Waals surface area (Å²) in [5.74, 6) is 0.697. The van der Waals surface area contributed by atoms with E-state index in [2.05, 4.69) is 54.7 Å². The maximum Gasteiger partial charge on any atom is 0.185 e. The first-order valence-corrected chi connectivity index (χ1v) is 8.83. The summed E-state index contributed by atoms with van der Waals surface area (Å²) in [5.41, 5.74) is 0.279. The molecule has 0 amide bonds. The molecule has 1 aliphatic rings. The van der Waals surface area contributed by atoms with Crippen LogP contribution in [0.5, 0.6) is 0 Å². The molecule has 21 heavy (non-hydrogen) atoms. The van der Waals surface area contributed by atoms with E-state index in [0.717, 1.165) is 39.3 Å². The highest BCUT2D eigenvalue weighted by molar-refractivity contribution is 7.15. The number of anilines is 1. The molecule has 4 nitrogen and oxygen atoms in total. The average molecular weight is 311 g/mol. The van der Waals surface area contributed by atoms with Gasteiger partial charge in [0.05, 0.1) is 0 Å². The van der Waals surface area contributed by atoms with Crippen molar-refractivity contribution in [2.75, 3.05) is 37.6 Å². The normalized spacial score (nSPS) is 17.7. The largest absolute Gasteiger partial charge is 0.346 e. The summed E-state index contributed by atoms with van der Waals surface area (Å²) >= 11 is 1.83. The number of nitrogens with one attached hydrogen (secondary N) is 1. The molecule has 0 aromatic carbocycles. The third-order valence-corrected chi connectivity index (χ3v) is 4.95. The number of aromatic nitrogens is 1. The highest BCUT2D eigenvalue weighted by Crippen LogP contribution is 2.25. The van der Waals surface area contributed by atoms with E-state index in [0.29, 0.717) is 5.92 Å². The number of hydrogen-bond donors (Lipinski definition) is 1. The molecule has 0 unspecified atom stereocenters. The van der Waals surface area contributed by atoms with Gasteiger partial charge in [0.1, 0.15) is 0 Å². The van der Waals surface area contributed by atoms with Gasteiger partial charge in [0, 0.05) is 49.3 Å². The van der Waals surface area contributed by atoms with Crippen LogP contribution in [0.25, 0.3) is 0 Å². The van der Waals surface area contributed by atoms with Crippen LogP contribution in [0.2, 0.25) is 0 Å². The lowest BCUT2D eigenvalue weighted by atomic mass is 10.1. The van der Waals surface area contributed by atoms with Crippen LogP contribution in [0.3, 0.4) is 0 Å². The zero-order valence-corrected chi connectivity index (χ0v) is 15.0. The summed E-state index contributed by atoms with van der Waals surface area (Å²) in [7, 11) is 0. The Kier molecular flexibility index (Phi) is 5.63. The van der Waals surface area contributed by atoms with E-state index in [9.17, 15) is 0 Å². The summed E-state index contributed by atoms with van der Waals surface area (Å²) in [5, 5.41) is 4.67. The maximum atomic E-state index is 4.61. The van der Waals surface area contributed by atoms with E-state index in [-0.39, 0.29) is 5.54 Å². The molecule has 5 heteroatoms. The molecular weight excluding hydrogens is 280 g/mol. The first-order valence-electron chi connectivity index (χ1n) is 8.01. The second-order valence-corrected chi connectivity index (χ2v) is 8.37. The number of rotatable bonds is 5. The molecule has 2 rings (SSSR count). The van der Waals surface area contributed by atoms with Gasteiger partial charge in [0.25, 0.3) is 0 Å². The Bertz CT molecular complexity index is 428. The molecule has 1 aromatic heterocycles. The van der Waals surface area contributed by atoms with Gasteiger partial charge < -0.3 is 10.2 Å². The van der Waals surface area contributed by atoms with Crippen molar-refractivity contribution >= 4 is 16.5 Å². The molecule has 1 N–H and O–H groups in total. The van der Waals surface area contributed by atoms with Gasteiger partial charge >= 0.3 is 0 Å². The molecule has 0 bridgehead atoms. The van der Waals surface area contributed by atoms with Gasteiger partial charge in [-0.15, -0.1) is 11.3 Å². The van der Waals surface area contributed by atoms with Gasteiger partial charge in [-0.1, -0.05) is 13.8 Å². The zero-order chi connectivity index (χ0) is 15.5. The van der Waals surface area contributed by atoms with Crippen molar-refractivity contribution in [1.82, 2.24) is 15.2 Å². The van der Waals surface area contributed by atoms with Crippen molar-refractivity contribution in [3.05, 3.63) is 11.1 Å². The molecule has 0 atom stereocenters. The third kappa shape index (κ3) is 4.94. The molecule has 1 fully saturated rings. The van der Waals surface area contributed by atoms with Crippen molar-refractivity contribution in [2.45, 2.75) is 46.7 Å². The van der Waals surface area contributed by atoms with Gasteiger partial charge in [-0.05, 0) is 33.2 Å². The van der Waals surface area contributed by atoms with Crippen molar-refractivity contribution in [3.8, 4) is 0 Å². The van der Waals surface area contributed by atoms with Crippen LogP contribution >= 0.6 is 11.3 Å². The number of nitrogens with zero attached hydrogens (tertiary/aromatic N) is 3. The molecule has 120 valence electrons. The summed E-state index contributed by atoms with van der Waals surface area (Å²) in [6, 6.07) is 0. The van der Waals surface area contributed by atoms with Crippen LogP contribution in [0.4, 0.5) is 5.13 Å². The minimum Gasteiger partial charge on any atom is -0.346 e. The second kappa shape index (κ2) is 7.07. The maximum absolute atomic E-state index is 4.61. The van der Waals surface area contributed by atoms with E-state index in [4.69, 9.17) is 0 Å². The highest BCUT2D eigenvalue weighted by Gasteiger charge is 2.26. The van der Waals surface area contributed by atoms with Crippen LogP contribution in [0, 0.1) is 5.92 Å². The van der Waals surface area contributed by atoms with E-state index in [1.165, 1.54) is 10.0 Å². The summed E-state index contributed by atoms with van der Waals surface area (Å²) in [6.07, 6.45) is 2.03. The predicted octanol–water partition coefficient (Wildman–Crippen LogP) is 2.81. The monoisotopic (exact) mass is 310 g/mol. The fourth-order valence-electron chi connectivity index (χ4n) is 2.58. The van der Waals surface area contributed by atoms with Crippen LogP contribution in [-0.4, -0.2) is 48.1 Å². The van der Waals surface area contributed by atoms with Crippen molar-refractivity contribution < 1.29 is 0 Å². The summed E-state index contributed by atoms with van der Waals surface area (Å²) < 4.78 is 0. The Morgan fingerprint density at radius 3 is 2.48 bits per heavy atom. The SMILES string of the molecule is CC(C)CNCc1cnc(N2CCN(C(C)(C)C)CC2)s1. The first-order chi connectivity index (χ1) is 9.86. The molecular formula is C16H30N4S. The van der Waals surface area contributed by atoms with Gasteiger partial charge in [0.15, 0.2) is 5.13 Å². The molecule has 0 saturated carbocycles. The zero-order valence-electron chi connectivity index (χ0n) is 14.1. The smallest absolute Gasteiger partial charge is 0.185 e. The standard InChI is InChI=1S/C16H30N4S/c1-13(2)10-17-11-14-12-18-15(21-14)19-6-8-20(9-7-19)16(3,4)5/h12-13,17H,6-11H2,1-5H3. The molecule has 2 heterocycles. The Morgan fingerprint density at radius 2 is 1.90 bits per heavy atom. The fraction of sp³-hybridized carbons (Fsp3) is 0.812. The highest BCUT2D eigenvalue weighted by atomic mass is 32.1. The lowest BCUT2D eigenvalue weighted by Gasteiger charge is -2.42. The van der Waals surface area contributed by atoms with E-state index < -0.39 is 0 Å². The van der Waals surface area contributed by atoms with E-state index in [1.54, 1.807) is 0 Å². The lowest BCUT2D eigenvalue weighted by Crippen LogP contribution is -2.53. The van der Waals surface area contributed by atoms with Crippen molar-refractivity contribution in [3.63, 3.8) is 0 Å². The van der Waals surface area contributed by atoms with Gasteiger partial charge in [-0.2, -0.15) is 0 Å². The van der Waals surface area contributed by atoms with E-state index >= 15 is 0 Å². The molecule has 0 radical (unpaired) electrons. The number of piperazine rings is 1. The Morgan fingerprint density at radius 1 is 1.24 bits per heavy atom. The third-order valence-electron chi connectivity index (χ3n) is 3.89. The summed E-state index contributed by atoms with van der Waals surface area (Å²) in [6.45, 7) is 17.8. The van der Waals surface area contributed by atoms with Crippen molar-refractivity contribution in [1.29, 1.82) is 0 Å². The molecule has 0 aliphatic carbocycles. The van der Waals surface area contributed by atoms with Crippen LogP contribution in [0.1, 0.15) is 39.5 Å². The van der Waals surface area contributed by atoms with Gasteiger partial charge in [0.2, 0.25) is 0 Å². The molecule has 1 saturated heterocycles. The number of thiazole rings is 1. The minimum atomic E-state index is 0.279. The quantitative estimate of drug-likeness (QED) is 0.906. The van der Waals surface area contributed by atoms with E-state index in [1.807, 2.05) is 17.5 Å². The van der Waals surface area contributed by atoms with Crippen molar-refractivity contribution in [2.24, 2.45) is 5.92 Å². The van der Waals surface area contributed by atoms with Crippen LogP contribution in [0.15, 0.2) is 6.20 Å².